The maximum Gasteiger partial charge on any atom is 0.268 e. The molecule has 1 aromatic rings. The van der Waals surface area contributed by atoms with Crippen molar-refractivity contribution in [1.82, 2.24) is 10.2 Å². The van der Waals surface area contributed by atoms with Crippen LogP contribution >= 0.6 is 0 Å². The first-order chi connectivity index (χ1) is 12.5. The third-order valence-corrected chi connectivity index (χ3v) is 5.06. The second-order valence-corrected chi connectivity index (χ2v) is 6.53. The number of amides is 2. The number of piperazine rings is 1. The highest BCUT2D eigenvalue weighted by atomic mass is 16.5. The molecule has 2 aliphatic heterocycles. The van der Waals surface area contributed by atoms with Crippen LogP contribution < -0.4 is 15.0 Å². The summed E-state index contributed by atoms with van der Waals surface area (Å²) in [5, 5.41) is 11.4. The van der Waals surface area contributed by atoms with E-state index in [2.05, 4.69) is 15.1 Å². The fourth-order valence-corrected chi connectivity index (χ4v) is 3.41. The Morgan fingerprint density at radius 1 is 1.19 bits per heavy atom. The molecule has 0 aromatic heterocycles. The van der Waals surface area contributed by atoms with E-state index in [0.717, 1.165) is 37.6 Å². The van der Waals surface area contributed by atoms with Gasteiger partial charge in [0.15, 0.2) is 0 Å². The van der Waals surface area contributed by atoms with Crippen molar-refractivity contribution in [3.63, 3.8) is 0 Å². The second-order valence-electron chi connectivity index (χ2n) is 6.53. The van der Waals surface area contributed by atoms with E-state index in [0.29, 0.717) is 12.1 Å². The van der Waals surface area contributed by atoms with E-state index in [9.17, 15) is 9.59 Å². The first-order valence-electron chi connectivity index (χ1n) is 8.61. The van der Waals surface area contributed by atoms with Gasteiger partial charge in [-0.05, 0) is 36.8 Å². The predicted molar refractivity (Wildman–Crippen MR) is 96.6 cm³/mol. The zero-order valence-electron chi connectivity index (χ0n) is 15.0. The number of benzene rings is 1. The van der Waals surface area contributed by atoms with Crippen molar-refractivity contribution in [2.45, 2.75) is 6.92 Å². The van der Waals surface area contributed by atoms with E-state index >= 15 is 0 Å². The molecule has 1 unspecified atom stereocenters. The van der Waals surface area contributed by atoms with Crippen molar-refractivity contribution in [2.75, 3.05) is 44.7 Å². The van der Waals surface area contributed by atoms with E-state index in [1.807, 2.05) is 30.3 Å². The van der Waals surface area contributed by atoms with Crippen molar-refractivity contribution in [1.29, 1.82) is 5.26 Å². The number of imide groups is 1. The van der Waals surface area contributed by atoms with Gasteiger partial charge in [-0.15, -0.1) is 0 Å². The van der Waals surface area contributed by atoms with Crippen molar-refractivity contribution in [3.05, 3.63) is 35.4 Å². The third-order valence-electron chi connectivity index (χ3n) is 5.06. The summed E-state index contributed by atoms with van der Waals surface area (Å²) in [7, 11) is 1.65. The maximum atomic E-state index is 12.2. The van der Waals surface area contributed by atoms with Gasteiger partial charge in [-0.2, -0.15) is 5.26 Å². The van der Waals surface area contributed by atoms with Gasteiger partial charge in [0.1, 0.15) is 17.4 Å². The molecule has 0 bridgehead atoms. The van der Waals surface area contributed by atoms with E-state index < -0.39 is 11.8 Å². The number of nitrogens with one attached hydrogen (secondary N) is 1. The van der Waals surface area contributed by atoms with Crippen LogP contribution in [0, 0.1) is 17.2 Å². The standard InChI is InChI=1S/C19H22N4O3/c1-13-16(11-20)18(24)21-19(25)17(13)12-22-7-9-23(10-8-22)14-3-5-15(26-2)6-4-14/h3-6,17H,7-10,12H2,1-2H3,(H,21,24,25). The summed E-state index contributed by atoms with van der Waals surface area (Å²) in [6, 6.07) is 9.89. The summed E-state index contributed by atoms with van der Waals surface area (Å²) >= 11 is 0. The topological polar surface area (TPSA) is 85.7 Å². The van der Waals surface area contributed by atoms with Gasteiger partial charge in [-0.3, -0.25) is 19.8 Å². The van der Waals surface area contributed by atoms with Gasteiger partial charge >= 0.3 is 0 Å². The normalized spacial score (nSPS) is 21.4. The number of methoxy groups -OCH3 is 1. The summed E-state index contributed by atoms with van der Waals surface area (Å²) in [4.78, 5) is 28.4. The number of anilines is 1. The molecular weight excluding hydrogens is 332 g/mol. The van der Waals surface area contributed by atoms with Crippen molar-refractivity contribution in [3.8, 4) is 11.8 Å². The fraction of sp³-hybridized carbons (Fsp3) is 0.421. The molecule has 0 saturated carbocycles. The second kappa shape index (κ2) is 7.58. The molecule has 0 aliphatic carbocycles. The lowest BCUT2D eigenvalue weighted by atomic mass is 9.90. The van der Waals surface area contributed by atoms with Crippen LogP contribution in [0.1, 0.15) is 6.92 Å². The number of nitriles is 1. The van der Waals surface area contributed by atoms with Gasteiger partial charge in [0.2, 0.25) is 5.91 Å². The lowest BCUT2D eigenvalue weighted by Gasteiger charge is -2.38. The Morgan fingerprint density at radius 2 is 1.85 bits per heavy atom. The molecule has 26 heavy (non-hydrogen) atoms. The summed E-state index contributed by atoms with van der Waals surface area (Å²) in [6.45, 7) is 5.57. The summed E-state index contributed by atoms with van der Waals surface area (Å²) in [6.07, 6.45) is 0. The van der Waals surface area contributed by atoms with Crippen LogP contribution in [0.4, 0.5) is 5.69 Å². The highest BCUT2D eigenvalue weighted by Crippen LogP contribution is 2.24. The Hall–Kier alpha value is -2.85. The highest BCUT2D eigenvalue weighted by Gasteiger charge is 2.34. The Morgan fingerprint density at radius 3 is 2.42 bits per heavy atom. The Kier molecular flexibility index (Phi) is 5.24. The molecule has 2 amide bonds. The lowest BCUT2D eigenvalue weighted by molar-refractivity contribution is -0.131. The van der Waals surface area contributed by atoms with Gasteiger partial charge in [0.25, 0.3) is 5.91 Å². The van der Waals surface area contributed by atoms with Crippen LogP contribution in [0.25, 0.3) is 0 Å². The van der Waals surface area contributed by atoms with Crippen molar-refractivity contribution in [2.24, 2.45) is 5.92 Å². The number of carbonyl (C=O) groups is 2. The first kappa shape index (κ1) is 18.0. The molecule has 1 fully saturated rings. The molecule has 0 radical (unpaired) electrons. The molecule has 1 saturated heterocycles. The molecule has 1 N–H and O–H groups in total. The zero-order valence-corrected chi connectivity index (χ0v) is 15.0. The van der Waals surface area contributed by atoms with Crippen LogP contribution in [-0.2, 0) is 9.59 Å². The highest BCUT2D eigenvalue weighted by molar-refractivity contribution is 6.11. The molecule has 7 nitrogen and oxygen atoms in total. The van der Waals surface area contributed by atoms with Crippen LogP contribution in [0.15, 0.2) is 35.4 Å². The minimum absolute atomic E-state index is 0.0615. The number of carbonyl (C=O) groups excluding carboxylic acids is 2. The Balaban J connectivity index is 1.61. The number of nitrogens with zero attached hydrogens (tertiary/aromatic N) is 3. The maximum absolute atomic E-state index is 12.2. The van der Waals surface area contributed by atoms with Gasteiger partial charge in [-0.1, -0.05) is 0 Å². The number of hydrogen-bond acceptors (Lipinski definition) is 6. The fourth-order valence-electron chi connectivity index (χ4n) is 3.41. The Bertz CT molecular complexity index is 771. The molecule has 2 heterocycles. The molecular formula is C19H22N4O3. The van der Waals surface area contributed by atoms with E-state index in [1.165, 1.54) is 0 Å². The minimum Gasteiger partial charge on any atom is -0.497 e. The first-order valence-corrected chi connectivity index (χ1v) is 8.61. The quantitative estimate of drug-likeness (QED) is 0.810. The molecule has 7 heteroatoms. The van der Waals surface area contributed by atoms with Crippen LogP contribution in [0.3, 0.4) is 0 Å². The minimum atomic E-state index is -0.587. The number of rotatable bonds is 4. The summed E-state index contributed by atoms with van der Waals surface area (Å²) < 4.78 is 5.19. The summed E-state index contributed by atoms with van der Waals surface area (Å²) in [5.74, 6) is -0.518. The molecule has 1 atom stereocenters. The molecule has 3 rings (SSSR count). The number of hydrogen-bond donors (Lipinski definition) is 1. The largest absolute Gasteiger partial charge is 0.497 e. The monoisotopic (exact) mass is 354 g/mol. The lowest BCUT2D eigenvalue weighted by Crippen LogP contribution is -2.51. The van der Waals surface area contributed by atoms with Crippen molar-refractivity contribution < 1.29 is 14.3 Å². The van der Waals surface area contributed by atoms with Crippen LogP contribution in [0.5, 0.6) is 5.75 Å². The summed E-state index contributed by atoms with van der Waals surface area (Å²) in [5.41, 5.74) is 1.78. The predicted octanol–water partition coefficient (Wildman–Crippen LogP) is 0.930. The molecule has 1 aromatic carbocycles. The van der Waals surface area contributed by atoms with Gasteiger partial charge in [0, 0.05) is 38.4 Å². The SMILES string of the molecule is COc1ccc(N2CCN(CC3C(=O)NC(=O)C(C#N)=C3C)CC2)cc1. The molecule has 2 aliphatic rings. The molecule has 0 spiro atoms. The average molecular weight is 354 g/mol. The van der Waals surface area contributed by atoms with Gasteiger partial charge < -0.3 is 9.64 Å². The van der Waals surface area contributed by atoms with E-state index in [-0.39, 0.29) is 11.5 Å². The Labute approximate surface area is 152 Å². The van der Waals surface area contributed by atoms with Crippen molar-refractivity contribution >= 4 is 17.5 Å². The van der Waals surface area contributed by atoms with Gasteiger partial charge in [0.05, 0.1) is 13.0 Å². The van der Waals surface area contributed by atoms with Gasteiger partial charge in [-0.25, -0.2) is 0 Å². The molecule has 136 valence electrons. The van der Waals surface area contributed by atoms with Crippen LogP contribution in [0.2, 0.25) is 0 Å². The van der Waals surface area contributed by atoms with Crippen LogP contribution in [-0.4, -0.2) is 56.5 Å². The zero-order chi connectivity index (χ0) is 18.7. The third kappa shape index (κ3) is 3.55. The smallest absolute Gasteiger partial charge is 0.268 e. The van der Waals surface area contributed by atoms with E-state index in [4.69, 9.17) is 10.00 Å². The average Bonchev–Trinajstić information content (AvgIpc) is 2.66. The van der Waals surface area contributed by atoms with E-state index in [1.54, 1.807) is 14.0 Å². The number of ether oxygens (including phenoxy) is 1.